The first kappa shape index (κ1) is 22.2. The minimum atomic E-state index is -1.20. The molecule has 1 aromatic carbocycles. The topological polar surface area (TPSA) is 79.4 Å². The third-order valence-corrected chi connectivity index (χ3v) is 6.90. The van der Waals surface area contributed by atoms with Gasteiger partial charge in [-0.15, -0.1) is 0 Å². The predicted octanol–water partition coefficient (Wildman–Crippen LogP) is 2.81. The van der Waals surface area contributed by atoms with Crippen molar-refractivity contribution >= 4 is 22.6 Å². The number of likely N-dealkylation sites (tertiary alicyclic amines) is 1. The largest absolute Gasteiger partial charge is 0.355 e. The second-order valence-electron chi connectivity index (χ2n) is 7.56. The maximum absolute atomic E-state index is 12.6. The zero-order valence-electron chi connectivity index (χ0n) is 17.2. The molecule has 6 nitrogen and oxygen atoms in total. The predicted molar refractivity (Wildman–Crippen MR) is 118 cm³/mol. The Labute approximate surface area is 180 Å². The van der Waals surface area contributed by atoms with Crippen molar-refractivity contribution in [2.24, 2.45) is 0 Å². The van der Waals surface area contributed by atoms with Gasteiger partial charge in [-0.05, 0) is 42.5 Å². The molecule has 1 aliphatic rings. The lowest BCUT2D eigenvalue weighted by Gasteiger charge is -2.39. The van der Waals surface area contributed by atoms with Crippen LogP contribution in [0, 0.1) is 0 Å². The van der Waals surface area contributed by atoms with Gasteiger partial charge in [-0.2, -0.15) is 0 Å². The quantitative estimate of drug-likeness (QED) is 0.417. The van der Waals surface area contributed by atoms with Crippen LogP contribution in [-0.4, -0.2) is 44.4 Å². The summed E-state index contributed by atoms with van der Waals surface area (Å²) in [4.78, 5) is 29.6. The van der Waals surface area contributed by atoms with Crippen molar-refractivity contribution in [1.82, 2.24) is 15.2 Å². The van der Waals surface area contributed by atoms with Crippen LogP contribution in [0.3, 0.4) is 0 Å². The Hall–Kier alpha value is -2.54. The molecule has 0 bridgehead atoms. The van der Waals surface area contributed by atoms with Gasteiger partial charge in [0.2, 0.25) is 11.8 Å². The van der Waals surface area contributed by atoms with Gasteiger partial charge in [0.05, 0.1) is 12.2 Å². The summed E-state index contributed by atoms with van der Waals surface area (Å²) < 4.78 is 12.6. The van der Waals surface area contributed by atoms with E-state index in [9.17, 15) is 13.8 Å². The summed E-state index contributed by atoms with van der Waals surface area (Å²) in [6.45, 7) is 0.597. The van der Waals surface area contributed by atoms with E-state index in [1.807, 2.05) is 54.9 Å². The second-order valence-corrected chi connectivity index (χ2v) is 9.16. The van der Waals surface area contributed by atoms with Gasteiger partial charge in [0, 0.05) is 29.7 Å². The van der Waals surface area contributed by atoms with E-state index in [1.165, 1.54) is 10.5 Å². The minimum Gasteiger partial charge on any atom is -0.355 e. The van der Waals surface area contributed by atoms with Gasteiger partial charge in [0.25, 0.3) is 0 Å². The summed E-state index contributed by atoms with van der Waals surface area (Å²) >= 11 is 0. The number of pyridine rings is 1. The SMILES string of the molecule is O=C(CN1C(=O)CC1S(=O)Cc1ccccc1)NCCCCCCc1ccncc1. The average Bonchev–Trinajstić information content (AvgIpc) is 2.76. The number of β-lactam (4-membered cyclic amide) rings is 1. The molecule has 2 aromatic rings. The van der Waals surface area contributed by atoms with Crippen molar-refractivity contribution in [3.63, 3.8) is 0 Å². The van der Waals surface area contributed by atoms with Crippen molar-refractivity contribution in [1.29, 1.82) is 0 Å². The zero-order chi connectivity index (χ0) is 21.2. The molecule has 3 rings (SSSR count). The Morgan fingerprint density at radius 2 is 1.77 bits per heavy atom. The van der Waals surface area contributed by atoms with Gasteiger partial charge in [0.1, 0.15) is 11.9 Å². The van der Waals surface area contributed by atoms with Crippen LogP contribution in [0.1, 0.15) is 43.2 Å². The molecule has 1 saturated heterocycles. The van der Waals surface area contributed by atoms with E-state index >= 15 is 0 Å². The van der Waals surface area contributed by atoms with Gasteiger partial charge in [-0.25, -0.2) is 0 Å². The molecule has 0 radical (unpaired) electrons. The monoisotopic (exact) mass is 427 g/mol. The number of nitrogens with one attached hydrogen (secondary N) is 1. The molecule has 7 heteroatoms. The molecule has 1 N–H and O–H groups in total. The van der Waals surface area contributed by atoms with Gasteiger partial charge >= 0.3 is 0 Å². The molecule has 160 valence electrons. The Morgan fingerprint density at radius 1 is 1.03 bits per heavy atom. The number of carbonyl (C=O) groups excluding carboxylic acids is 2. The number of amides is 2. The molecule has 0 aliphatic carbocycles. The molecule has 2 unspecified atom stereocenters. The summed E-state index contributed by atoms with van der Waals surface area (Å²) in [5.74, 6) is 0.116. The van der Waals surface area contributed by atoms with Crippen LogP contribution < -0.4 is 5.32 Å². The minimum absolute atomic E-state index is 0.00786. The maximum atomic E-state index is 12.6. The van der Waals surface area contributed by atoms with E-state index < -0.39 is 10.8 Å². The summed E-state index contributed by atoms with van der Waals surface area (Å²) in [5.41, 5.74) is 2.28. The van der Waals surface area contributed by atoms with Gasteiger partial charge in [-0.1, -0.05) is 43.2 Å². The van der Waals surface area contributed by atoms with Crippen molar-refractivity contribution < 1.29 is 13.8 Å². The Balaban J connectivity index is 1.29. The summed E-state index contributed by atoms with van der Waals surface area (Å²) in [6, 6.07) is 13.6. The average molecular weight is 428 g/mol. The molecule has 0 spiro atoms. The van der Waals surface area contributed by atoms with Crippen molar-refractivity contribution in [3.8, 4) is 0 Å². The first-order chi connectivity index (χ1) is 14.6. The third-order valence-electron chi connectivity index (χ3n) is 5.25. The first-order valence-corrected chi connectivity index (χ1v) is 11.9. The first-order valence-electron chi connectivity index (χ1n) is 10.5. The molecule has 2 heterocycles. The van der Waals surface area contributed by atoms with Gasteiger partial charge in [-0.3, -0.25) is 18.8 Å². The van der Waals surface area contributed by atoms with Crippen LogP contribution in [0.5, 0.6) is 0 Å². The molecule has 30 heavy (non-hydrogen) atoms. The molecule has 0 saturated carbocycles. The van der Waals surface area contributed by atoms with Gasteiger partial charge in [0.15, 0.2) is 0 Å². The molecule has 2 atom stereocenters. The Bertz CT molecular complexity index is 845. The molecule has 1 aliphatic heterocycles. The lowest BCUT2D eigenvalue weighted by molar-refractivity contribution is -0.145. The zero-order valence-corrected chi connectivity index (χ0v) is 18.0. The van der Waals surface area contributed by atoms with E-state index in [0.717, 1.165) is 37.7 Å². The Kier molecular flexibility index (Phi) is 8.56. The molecule has 1 fully saturated rings. The summed E-state index contributed by atoms with van der Waals surface area (Å²) in [5, 5.41) is 2.52. The maximum Gasteiger partial charge on any atom is 0.239 e. The molecular formula is C23H29N3O3S. The molecular weight excluding hydrogens is 398 g/mol. The van der Waals surface area contributed by atoms with E-state index in [0.29, 0.717) is 12.3 Å². The van der Waals surface area contributed by atoms with Crippen LogP contribution in [0.4, 0.5) is 0 Å². The number of hydrogen-bond acceptors (Lipinski definition) is 4. The Morgan fingerprint density at radius 3 is 2.50 bits per heavy atom. The lowest BCUT2D eigenvalue weighted by atomic mass is 10.1. The smallest absolute Gasteiger partial charge is 0.239 e. The summed E-state index contributed by atoms with van der Waals surface area (Å²) in [6.07, 6.45) is 9.14. The van der Waals surface area contributed by atoms with Gasteiger partial charge < -0.3 is 10.2 Å². The molecule has 1 aromatic heterocycles. The van der Waals surface area contributed by atoms with Crippen molar-refractivity contribution in [2.45, 2.75) is 49.7 Å². The number of nitrogens with zero attached hydrogens (tertiary/aromatic N) is 2. The third kappa shape index (κ3) is 6.76. The van der Waals surface area contributed by atoms with Crippen LogP contribution in [0.2, 0.25) is 0 Å². The van der Waals surface area contributed by atoms with Crippen molar-refractivity contribution in [3.05, 3.63) is 66.0 Å². The van der Waals surface area contributed by atoms with E-state index in [2.05, 4.69) is 10.3 Å². The fraction of sp³-hybridized carbons (Fsp3) is 0.435. The van der Waals surface area contributed by atoms with Crippen LogP contribution in [0.25, 0.3) is 0 Å². The highest BCUT2D eigenvalue weighted by Crippen LogP contribution is 2.24. The highest BCUT2D eigenvalue weighted by molar-refractivity contribution is 7.85. The number of unbranched alkanes of at least 4 members (excludes halogenated alkanes) is 3. The number of aromatic nitrogens is 1. The highest BCUT2D eigenvalue weighted by Gasteiger charge is 2.40. The number of aryl methyl sites for hydroxylation is 1. The van der Waals surface area contributed by atoms with Crippen molar-refractivity contribution in [2.75, 3.05) is 13.1 Å². The second kappa shape index (κ2) is 11.6. The number of carbonyl (C=O) groups is 2. The summed E-state index contributed by atoms with van der Waals surface area (Å²) in [7, 11) is -1.20. The van der Waals surface area contributed by atoms with E-state index in [1.54, 1.807) is 0 Å². The fourth-order valence-corrected chi connectivity index (χ4v) is 5.00. The highest BCUT2D eigenvalue weighted by atomic mass is 32.2. The number of hydrogen-bond donors (Lipinski definition) is 1. The number of benzene rings is 1. The normalized spacial score (nSPS) is 16.7. The van der Waals surface area contributed by atoms with Crippen LogP contribution in [-0.2, 0) is 32.6 Å². The molecule has 2 amide bonds. The number of rotatable bonds is 12. The van der Waals surface area contributed by atoms with Crippen LogP contribution >= 0.6 is 0 Å². The van der Waals surface area contributed by atoms with E-state index in [-0.39, 0.29) is 30.2 Å². The van der Waals surface area contributed by atoms with Crippen LogP contribution in [0.15, 0.2) is 54.9 Å². The standard InChI is InChI=1S/C23H29N3O3S/c27-21(25-13-7-2-1-4-8-19-11-14-24-15-12-19)17-26-22(28)16-23(26)30(29)18-20-9-5-3-6-10-20/h3,5-6,9-12,14-15,23H,1-2,4,7-8,13,16-18H2,(H,25,27). The fourth-order valence-electron chi connectivity index (χ4n) is 3.48. The van der Waals surface area contributed by atoms with E-state index in [4.69, 9.17) is 0 Å². The lowest BCUT2D eigenvalue weighted by Crippen LogP contribution is -2.57.